The Morgan fingerprint density at radius 1 is 1.47 bits per heavy atom. The van der Waals surface area contributed by atoms with Crippen LogP contribution in [0.3, 0.4) is 0 Å². The molecule has 1 aromatic rings. The van der Waals surface area contributed by atoms with Crippen LogP contribution in [0.4, 0.5) is 5.82 Å². The highest BCUT2D eigenvalue weighted by Crippen LogP contribution is 2.13. The number of carbonyl (C=O) groups is 1. The van der Waals surface area contributed by atoms with Gasteiger partial charge in [-0.25, -0.2) is 9.78 Å². The van der Waals surface area contributed by atoms with Crippen LogP contribution in [-0.2, 0) is 4.74 Å². The number of nitrogens with zero attached hydrogens (tertiary/aromatic N) is 2. The Labute approximate surface area is 115 Å². The maximum atomic E-state index is 11.5. The maximum Gasteiger partial charge on any atom is 0.338 e. The van der Waals surface area contributed by atoms with E-state index in [1.54, 1.807) is 18.3 Å². The molecule has 1 atom stereocenters. The van der Waals surface area contributed by atoms with E-state index in [2.05, 4.69) is 29.0 Å². The first kappa shape index (κ1) is 15.4. The number of rotatable bonds is 6. The van der Waals surface area contributed by atoms with E-state index in [1.165, 1.54) is 7.11 Å². The van der Waals surface area contributed by atoms with Gasteiger partial charge < -0.3 is 15.0 Å². The van der Waals surface area contributed by atoms with Crippen LogP contribution in [0.25, 0.3) is 0 Å². The second-order valence-corrected chi connectivity index (χ2v) is 5.18. The van der Waals surface area contributed by atoms with E-state index in [0.29, 0.717) is 17.3 Å². The van der Waals surface area contributed by atoms with Crippen molar-refractivity contribution in [1.82, 2.24) is 9.88 Å². The summed E-state index contributed by atoms with van der Waals surface area (Å²) in [4.78, 5) is 17.9. The lowest BCUT2D eigenvalue weighted by atomic mass is 10.0. The van der Waals surface area contributed by atoms with Gasteiger partial charge in [-0.15, -0.1) is 0 Å². The van der Waals surface area contributed by atoms with Crippen molar-refractivity contribution in [3.63, 3.8) is 0 Å². The lowest BCUT2D eigenvalue weighted by Crippen LogP contribution is -2.36. The lowest BCUT2D eigenvalue weighted by Gasteiger charge is -2.26. The van der Waals surface area contributed by atoms with Crippen LogP contribution in [0.2, 0.25) is 0 Å². The van der Waals surface area contributed by atoms with Crippen LogP contribution in [0.1, 0.15) is 24.2 Å². The molecular weight excluding hydrogens is 242 g/mol. The fourth-order valence-corrected chi connectivity index (χ4v) is 1.76. The van der Waals surface area contributed by atoms with Crippen molar-refractivity contribution in [1.29, 1.82) is 0 Å². The van der Waals surface area contributed by atoms with E-state index < -0.39 is 0 Å². The van der Waals surface area contributed by atoms with Gasteiger partial charge in [0, 0.05) is 18.8 Å². The molecule has 0 amide bonds. The molecule has 0 aliphatic rings. The van der Waals surface area contributed by atoms with E-state index in [0.717, 1.165) is 6.54 Å². The first-order valence-electron chi connectivity index (χ1n) is 6.39. The third kappa shape index (κ3) is 4.87. The highest BCUT2D eigenvalue weighted by molar-refractivity contribution is 5.89. The summed E-state index contributed by atoms with van der Waals surface area (Å²) in [6, 6.07) is 3.64. The van der Waals surface area contributed by atoms with Gasteiger partial charge in [0.15, 0.2) is 0 Å². The van der Waals surface area contributed by atoms with E-state index in [4.69, 9.17) is 4.74 Å². The van der Waals surface area contributed by atoms with Gasteiger partial charge in [-0.05, 0) is 32.1 Å². The molecule has 1 unspecified atom stereocenters. The largest absolute Gasteiger partial charge is 0.465 e. The molecule has 5 nitrogen and oxygen atoms in total. The number of esters is 1. The van der Waals surface area contributed by atoms with Crippen molar-refractivity contribution >= 4 is 11.8 Å². The van der Waals surface area contributed by atoms with Crippen molar-refractivity contribution < 1.29 is 9.53 Å². The molecule has 0 spiro atoms. The van der Waals surface area contributed by atoms with Crippen molar-refractivity contribution in [3.05, 3.63) is 23.9 Å². The van der Waals surface area contributed by atoms with E-state index in [-0.39, 0.29) is 12.0 Å². The van der Waals surface area contributed by atoms with E-state index in [9.17, 15) is 4.79 Å². The minimum Gasteiger partial charge on any atom is -0.465 e. The number of ether oxygens (including phenoxy) is 1. The minimum absolute atomic E-state index is 0.274. The smallest absolute Gasteiger partial charge is 0.338 e. The van der Waals surface area contributed by atoms with Crippen molar-refractivity contribution in [2.45, 2.75) is 19.9 Å². The summed E-state index contributed by atoms with van der Waals surface area (Å²) in [6.07, 6.45) is 1.61. The zero-order valence-electron chi connectivity index (χ0n) is 12.3. The Balaban J connectivity index is 2.81. The Kier molecular flexibility index (Phi) is 5.76. The molecule has 0 saturated carbocycles. The number of aromatic nitrogens is 1. The third-order valence-electron chi connectivity index (χ3n) is 2.88. The Hall–Kier alpha value is -1.62. The summed E-state index contributed by atoms with van der Waals surface area (Å²) >= 11 is 0. The first-order chi connectivity index (χ1) is 8.93. The normalized spacial score (nSPS) is 12.6. The number of anilines is 1. The number of pyridine rings is 1. The number of carbonyl (C=O) groups excluding carboxylic acids is 1. The fraction of sp³-hybridized carbons (Fsp3) is 0.571. The van der Waals surface area contributed by atoms with Gasteiger partial charge in [0.1, 0.15) is 5.82 Å². The zero-order valence-corrected chi connectivity index (χ0v) is 12.3. The van der Waals surface area contributed by atoms with Gasteiger partial charge in [-0.3, -0.25) is 0 Å². The predicted molar refractivity (Wildman–Crippen MR) is 76.4 cm³/mol. The van der Waals surface area contributed by atoms with Crippen LogP contribution >= 0.6 is 0 Å². The van der Waals surface area contributed by atoms with Gasteiger partial charge in [0.2, 0.25) is 0 Å². The van der Waals surface area contributed by atoms with E-state index >= 15 is 0 Å². The molecule has 106 valence electrons. The molecule has 0 bridgehead atoms. The van der Waals surface area contributed by atoms with Gasteiger partial charge >= 0.3 is 5.97 Å². The van der Waals surface area contributed by atoms with Gasteiger partial charge in [0.05, 0.1) is 12.7 Å². The Morgan fingerprint density at radius 2 is 2.16 bits per heavy atom. The molecule has 1 rings (SSSR count). The summed E-state index contributed by atoms with van der Waals surface area (Å²) in [7, 11) is 5.45. The molecule has 1 N–H and O–H groups in total. The van der Waals surface area contributed by atoms with E-state index in [1.807, 2.05) is 14.1 Å². The van der Waals surface area contributed by atoms with Crippen LogP contribution in [0.15, 0.2) is 18.3 Å². The second-order valence-electron chi connectivity index (χ2n) is 5.18. The number of hydrogen-bond donors (Lipinski definition) is 1. The SMILES string of the molecule is COC(=O)c1ccnc(NC(CN(C)C)C(C)C)c1. The van der Waals surface area contributed by atoms with Crippen LogP contribution in [0, 0.1) is 5.92 Å². The van der Waals surface area contributed by atoms with Crippen molar-refractivity contribution in [2.24, 2.45) is 5.92 Å². The number of methoxy groups -OCH3 is 1. The summed E-state index contributed by atoms with van der Waals surface area (Å²) in [5.74, 6) is 0.814. The first-order valence-corrected chi connectivity index (χ1v) is 6.39. The Morgan fingerprint density at radius 3 is 2.68 bits per heavy atom. The lowest BCUT2D eigenvalue weighted by molar-refractivity contribution is 0.0600. The molecule has 1 heterocycles. The molecule has 0 aliphatic heterocycles. The Bertz CT molecular complexity index is 419. The molecule has 0 radical (unpaired) electrons. The van der Waals surface area contributed by atoms with Crippen molar-refractivity contribution in [2.75, 3.05) is 33.1 Å². The number of likely N-dealkylation sites (N-methyl/N-ethyl adjacent to an activating group) is 1. The van der Waals surface area contributed by atoms with Crippen molar-refractivity contribution in [3.8, 4) is 0 Å². The number of nitrogens with one attached hydrogen (secondary N) is 1. The molecule has 0 aliphatic carbocycles. The molecule has 1 aromatic heterocycles. The molecule has 0 saturated heterocycles. The highest BCUT2D eigenvalue weighted by Gasteiger charge is 2.15. The van der Waals surface area contributed by atoms with Crippen LogP contribution in [-0.4, -0.2) is 49.6 Å². The second kappa shape index (κ2) is 7.09. The fourth-order valence-electron chi connectivity index (χ4n) is 1.76. The summed E-state index contributed by atoms with van der Waals surface area (Å²) in [6.45, 7) is 5.22. The van der Waals surface area contributed by atoms with Gasteiger partial charge in [0.25, 0.3) is 0 Å². The average molecular weight is 265 g/mol. The molecule has 19 heavy (non-hydrogen) atoms. The monoisotopic (exact) mass is 265 g/mol. The topological polar surface area (TPSA) is 54.5 Å². The van der Waals surface area contributed by atoms with Crippen LogP contribution in [0.5, 0.6) is 0 Å². The summed E-state index contributed by atoms with van der Waals surface area (Å²) in [5.41, 5.74) is 0.507. The quantitative estimate of drug-likeness (QED) is 0.796. The maximum absolute atomic E-state index is 11.5. The standard InChI is InChI=1S/C14H23N3O2/c1-10(2)12(9-17(3)4)16-13-8-11(6-7-15-13)14(18)19-5/h6-8,10,12H,9H2,1-5H3,(H,15,16). The molecule has 0 fully saturated rings. The molecule has 5 heteroatoms. The number of hydrogen-bond acceptors (Lipinski definition) is 5. The zero-order chi connectivity index (χ0) is 14.4. The summed E-state index contributed by atoms with van der Waals surface area (Å²) < 4.78 is 4.71. The van der Waals surface area contributed by atoms with Gasteiger partial charge in [-0.1, -0.05) is 13.8 Å². The van der Waals surface area contributed by atoms with Gasteiger partial charge in [-0.2, -0.15) is 0 Å². The molecular formula is C14H23N3O2. The average Bonchev–Trinajstić information content (AvgIpc) is 2.36. The molecule has 0 aromatic carbocycles. The summed E-state index contributed by atoms with van der Waals surface area (Å²) in [5, 5.41) is 3.37. The minimum atomic E-state index is -0.348. The highest BCUT2D eigenvalue weighted by atomic mass is 16.5. The predicted octanol–water partition coefficient (Wildman–Crippen LogP) is 1.87. The third-order valence-corrected chi connectivity index (χ3v) is 2.88. The van der Waals surface area contributed by atoms with Crippen LogP contribution < -0.4 is 5.32 Å².